The predicted molar refractivity (Wildman–Crippen MR) is 204 cm³/mol. The molecule has 1 saturated heterocycles. The van der Waals surface area contributed by atoms with Crippen LogP contribution in [-0.4, -0.2) is 48.9 Å². The van der Waals surface area contributed by atoms with Gasteiger partial charge >= 0.3 is 0 Å². The first kappa shape index (κ1) is 46.5. The van der Waals surface area contributed by atoms with Crippen LogP contribution < -0.4 is 5.32 Å². The molecular formula is C41H73N3O. The SMILES string of the molecule is C#C.C=C(C)N1CCN(C(=C)c2c(C)cccc2C)CC1.C=C(CC)CNC=O.CC.CC1CCCC1(C)C.CCC(C)(C)C. The Balaban J connectivity index is -0.000000567. The zero-order valence-corrected chi connectivity index (χ0v) is 32.0. The minimum atomic E-state index is 0.542. The highest BCUT2D eigenvalue weighted by Crippen LogP contribution is 2.41. The molecule has 0 radical (unpaired) electrons. The zero-order chi connectivity index (χ0) is 35.8. The van der Waals surface area contributed by atoms with Gasteiger partial charge in [-0.3, -0.25) is 4.79 Å². The summed E-state index contributed by atoms with van der Waals surface area (Å²) in [6.07, 6.45) is 15.2. The molecular weight excluding hydrogens is 550 g/mol. The van der Waals surface area contributed by atoms with Crippen LogP contribution in [0.1, 0.15) is 125 Å². The van der Waals surface area contributed by atoms with Crippen LogP contribution in [0.15, 0.2) is 49.2 Å². The molecule has 1 unspecified atom stereocenters. The minimum Gasteiger partial charge on any atom is -0.372 e. The Morgan fingerprint density at radius 3 is 1.73 bits per heavy atom. The van der Waals surface area contributed by atoms with Gasteiger partial charge in [-0.25, -0.2) is 0 Å². The van der Waals surface area contributed by atoms with Gasteiger partial charge in [0, 0.05) is 49.7 Å². The summed E-state index contributed by atoms with van der Waals surface area (Å²) < 4.78 is 0. The molecule has 258 valence electrons. The summed E-state index contributed by atoms with van der Waals surface area (Å²) in [5.41, 5.74) is 8.51. The third-order valence-electron chi connectivity index (χ3n) is 8.76. The van der Waals surface area contributed by atoms with Crippen LogP contribution in [-0.2, 0) is 4.79 Å². The Hall–Kier alpha value is -2.93. The van der Waals surface area contributed by atoms with Gasteiger partial charge in [0.15, 0.2) is 0 Å². The number of piperazine rings is 1. The lowest BCUT2D eigenvalue weighted by Crippen LogP contribution is -2.44. The average Bonchev–Trinajstić information content (AvgIpc) is 3.33. The molecule has 1 atom stereocenters. The molecule has 45 heavy (non-hydrogen) atoms. The Morgan fingerprint density at radius 1 is 1.00 bits per heavy atom. The molecule has 2 fully saturated rings. The molecule has 3 rings (SSSR count). The molecule has 2 aliphatic rings. The highest BCUT2D eigenvalue weighted by atomic mass is 16.1. The van der Waals surface area contributed by atoms with E-state index in [1.54, 1.807) is 0 Å². The van der Waals surface area contributed by atoms with E-state index in [-0.39, 0.29) is 0 Å². The van der Waals surface area contributed by atoms with E-state index in [9.17, 15) is 4.79 Å². The second-order valence-electron chi connectivity index (χ2n) is 13.7. The Labute approximate surface area is 281 Å². The maximum Gasteiger partial charge on any atom is 0.207 e. The van der Waals surface area contributed by atoms with Crippen molar-refractivity contribution in [2.24, 2.45) is 16.7 Å². The van der Waals surface area contributed by atoms with Crippen LogP contribution in [0.4, 0.5) is 0 Å². The molecule has 0 bridgehead atoms. The summed E-state index contributed by atoms with van der Waals surface area (Å²) in [5, 5.41) is 2.52. The van der Waals surface area contributed by atoms with Crippen molar-refractivity contribution in [1.29, 1.82) is 0 Å². The van der Waals surface area contributed by atoms with Crippen molar-refractivity contribution in [2.45, 2.75) is 122 Å². The van der Waals surface area contributed by atoms with Crippen molar-refractivity contribution < 1.29 is 4.79 Å². The monoisotopic (exact) mass is 624 g/mol. The maximum absolute atomic E-state index is 9.67. The number of hydrogen-bond donors (Lipinski definition) is 1. The zero-order valence-electron chi connectivity index (χ0n) is 32.0. The van der Waals surface area contributed by atoms with Crippen molar-refractivity contribution in [3.8, 4) is 12.8 Å². The summed E-state index contributed by atoms with van der Waals surface area (Å²) in [5.74, 6) is 0.961. The van der Waals surface area contributed by atoms with Gasteiger partial charge in [0.1, 0.15) is 0 Å². The summed E-state index contributed by atoms with van der Waals surface area (Å²) in [6, 6.07) is 6.44. The van der Waals surface area contributed by atoms with E-state index in [4.69, 9.17) is 0 Å². The topological polar surface area (TPSA) is 35.6 Å². The quantitative estimate of drug-likeness (QED) is 0.186. The minimum absolute atomic E-state index is 0.542. The Bertz CT molecular complexity index is 967. The van der Waals surface area contributed by atoms with Crippen LogP contribution in [0.2, 0.25) is 0 Å². The van der Waals surface area contributed by atoms with Crippen molar-refractivity contribution in [3.05, 3.63) is 65.9 Å². The third-order valence-corrected chi connectivity index (χ3v) is 8.76. The van der Waals surface area contributed by atoms with Gasteiger partial charge in [-0.1, -0.05) is 132 Å². The van der Waals surface area contributed by atoms with E-state index in [1.807, 2.05) is 20.8 Å². The van der Waals surface area contributed by atoms with Gasteiger partial charge in [0.05, 0.1) is 0 Å². The van der Waals surface area contributed by atoms with Gasteiger partial charge in [-0.05, 0) is 61.5 Å². The van der Waals surface area contributed by atoms with Crippen LogP contribution in [0.3, 0.4) is 0 Å². The highest BCUT2D eigenvalue weighted by Gasteiger charge is 2.30. The summed E-state index contributed by atoms with van der Waals surface area (Å²) in [6.45, 7) is 45.3. The standard InChI is InChI=1S/C17H24N2.C8H16.C6H11NO.C6H14.C2H6.C2H2/c1-13(2)18-9-11-19(12-10-18)16(5)17-14(3)7-6-8-15(17)4;1-7-5-4-6-8(7,2)3;1-3-6(2)4-7-5-8;1-5-6(2,3)4;2*1-2/h6-8H,1,5,9-12H2,2-4H3;7H,4-6H2,1-3H3;5H,2-4H2,1H3,(H,7,8);5H2,1-4H3;1-2H3;1-2H. The van der Waals surface area contributed by atoms with Gasteiger partial charge in [0.25, 0.3) is 0 Å². The van der Waals surface area contributed by atoms with E-state index in [1.165, 1.54) is 42.4 Å². The Morgan fingerprint density at radius 2 is 1.44 bits per heavy atom. The van der Waals surface area contributed by atoms with E-state index >= 15 is 0 Å². The molecule has 1 saturated carbocycles. The predicted octanol–water partition coefficient (Wildman–Crippen LogP) is 10.7. The fourth-order valence-electron chi connectivity index (χ4n) is 4.60. The van der Waals surface area contributed by atoms with E-state index in [0.717, 1.165) is 55.5 Å². The molecule has 1 aromatic carbocycles. The number of allylic oxidation sites excluding steroid dienone is 1. The number of aryl methyl sites for hydroxylation is 2. The number of rotatable bonds is 7. The van der Waals surface area contributed by atoms with Gasteiger partial charge in [-0.2, -0.15) is 0 Å². The third kappa shape index (κ3) is 20.7. The molecule has 1 N–H and O–H groups in total. The highest BCUT2D eigenvalue weighted by molar-refractivity contribution is 5.67. The second-order valence-corrected chi connectivity index (χ2v) is 13.7. The lowest BCUT2D eigenvalue weighted by atomic mass is 9.83. The first-order valence-electron chi connectivity index (χ1n) is 17.1. The molecule has 1 aliphatic heterocycles. The smallest absolute Gasteiger partial charge is 0.207 e. The number of carbonyl (C=O) groups excluding carboxylic acids is 1. The number of amides is 1. The largest absolute Gasteiger partial charge is 0.372 e. The second kappa shape index (κ2) is 25.3. The molecule has 1 aromatic rings. The average molecular weight is 624 g/mol. The van der Waals surface area contributed by atoms with Crippen molar-refractivity contribution in [2.75, 3.05) is 32.7 Å². The van der Waals surface area contributed by atoms with Crippen molar-refractivity contribution >= 4 is 12.1 Å². The van der Waals surface area contributed by atoms with Crippen LogP contribution >= 0.6 is 0 Å². The van der Waals surface area contributed by atoms with E-state index < -0.39 is 0 Å². The van der Waals surface area contributed by atoms with Crippen LogP contribution in [0.5, 0.6) is 0 Å². The number of benzene rings is 1. The molecule has 4 nitrogen and oxygen atoms in total. The number of nitrogens with zero attached hydrogens (tertiary/aromatic N) is 2. The molecule has 1 aliphatic carbocycles. The lowest BCUT2D eigenvalue weighted by Gasteiger charge is -2.39. The van der Waals surface area contributed by atoms with Crippen molar-refractivity contribution in [3.63, 3.8) is 0 Å². The van der Waals surface area contributed by atoms with Crippen LogP contribution in [0, 0.1) is 43.4 Å². The maximum atomic E-state index is 9.67. The molecule has 1 amide bonds. The summed E-state index contributed by atoms with van der Waals surface area (Å²) >= 11 is 0. The number of nitrogens with one attached hydrogen (secondary N) is 1. The molecule has 1 heterocycles. The molecule has 0 spiro atoms. The van der Waals surface area contributed by atoms with Gasteiger partial charge in [-0.15, -0.1) is 12.8 Å². The van der Waals surface area contributed by atoms with Gasteiger partial charge < -0.3 is 15.1 Å². The molecule has 0 aromatic heterocycles. The van der Waals surface area contributed by atoms with Gasteiger partial charge in [0.2, 0.25) is 6.41 Å². The van der Waals surface area contributed by atoms with E-state index in [0.29, 0.717) is 23.8 Å². The number of carbonyl (C=O) groups is 1. The number of hydrogen-bond acceptors (Lipinski definition) is 3. The number of terminal acetylenes is 1. The first-order valence-corrected chi connectivity index (χ1v) is 17.1. The Kier molecular flexibility index (Phi) is 26.1. The summed E-state index contributed by atoms with van der Waals surface area (Å²) in [7, 11) is 0. The fraction of sp³-hybridized carbons (Fsp3) is 0.634. The normalized spacial score (nSPS) is 16.1. The molecule has 4 heteroatoms. The van der Waals surface area contributed by atoms with Crippen LogP contribution in [0.25, 0.3) is 5.70 Å². The fourth-order valence-corrected chi connectivity index (χ4v) is 4.60. The van der Waals surface area contributed by atoms with Crippen molar-refractivity contribution in [1.82, 2.24) is 15.1 Å². The lowest BCUT2D eigenvalue weighted by molar-refractivity contribution is -0.109. The summed E-state index contributed by atoms with van der Waals surface area (Å²) in [4.78, 5) is 14.4. The first-order chi connectivity index (χ1) is 21.0. The van der Waals surface area contributed by atoms with E-state index in [2.05, 4.69) is 135 Å².